The molecule has 0 aromatic heterocycles. The molecule has 1 N–H and O–H groups in total. The minimum atomic E-state index is -0.252. The van der Waals surface area contributed by atoms with Crippen LogP contribution in [0, 0.1) is 5.41 Å². The van der Waals surface area contributed by atoms with Crippen LogP contribution in [0.4, 0.5) is 0 Å². The van der Waals surface area contributed by atoms with E-state index in [0.717, 1.165) is 12.8 Å². The molecule has 1 heteroatoms. The first-order chi connectivity index (χ1) is 6.01. The fraction of sp³-hybridized carbons (Fsp3) is 0.667. The van der Waals surface area contributed by atoms with E-state index < -0.39 is 0 Å². The molecule has 0 fully saturated rings. The summed E-state index contributed by atoms with van der Waals surface area (Å²) in [4.78, 5) is 0. The molecule has 0 heterocycles. The minimum absolute atomic E-state index is 0.194. The van der Waals surface area contributed by atoms with Crippen LogP contribution in [0.3, 0.4) is 0 Å². The molecule has 0 radical (unpaired) electrons. The number of hydrogen-bond donors (Lipinski definition) is 1. The molecular formula is C12H20O. The fourth-order valence-corrected chi connectivity index (χ4v) is 1.87. The van der Waals surface area contributed by atoms with Crippen LogP contribution in [0.5, 0.6) is 0 Å². The van der Waals surface area contributed by atoms with Crippen molar-refractivity contribution in [1.29, 1.82) is 0 Å². The van der Waals surface area contributed by atoms with Crippen molar-refractivity contribution in [3.63, 3.8) is 0 Å². The zero-order chi connectivity index (χ0) is 10.1. The molecule has 74 valence electrons. The molecule has 1 atom stereocenters. The van der Waals surface area contributed by atoms with Crippen LogP contribution in [0.15, 0.2) is 23.3 Å². The summed E-state index contributed by atoms with van der Waals surface area (Å²) in [6, 6.07) is 0. The maximum absolute atomic E-state index is 9.81. The molecule has 0 aliphatic heterocycles. The molecule has 0 saturated carbocycles. The molecule has 0 amide bonds. The van der Waals surface area contributed by atoms with Crippen molar-refractivity contribution in [2.24, 2.45) is 5.41 Å². The summed E-state index contributed by atoms with van der Waals surface area (Å²) in [5.41, 5.74) is 2.80. The third-order valence-electron chi connectivity index (χ3n) is 3.05. The van der Waals surface area contributed by atoms with E-state index in [2.05, 4.69) is 39.8 Å². The number of hydrogen-bond acceptors (Lipinski definition) is 1. The van der Waals surface area contributed by atoms with Gasteiger partial charge in [-0.3, -0.25) is 0 Å². The normalized spacial score (nSPS) is 22.5. The highest BCUT2D eigenvalue weighted by Gasteiger charge is 2.44. The van der Waals surface area contributed by atoms with E-state index in [1.54, 1.807) is 0 Å². The molecule has 1 nitrogen and oxygen atoms in total. The zero-order valence-electron chi connectivity index (χ0n) is 9.09. The van der Waals surface area contributed by atoms with E-state index in [1.807, 2.05) is 0 Å². The summed E-state index contributed by atoms with van der Waals surface area (Å²) >= 11 is 0. The van der Waals surface area contributed by atoms with Gasteiger partial charge in [-0.2, -0.15) is 0 Å². The molecule has 13 heavy (non-hydrogen) atoms. The van der Waals surface area contributed by atoms with Gasteiger partial charge in [-0.25, -0.2) is 0 Å². The quantitative estimate of drug-likeness (QED) is 0.659. The Morgan fingerprint density at radius 2 is 1.92 bits per heavy atom. The Morgan fingerprint density at radius 1 is 1.38 bits per heavy atom. The van der Waals surface area contributed by atoms with Gasteiger partial charge in [0, 0.05) is 5.41 Å². The second kappa shape index (κ2) is 3.67. The van der Waals surface area contributed by atoms with Gasteiger partial charge in [0.05, 0.1) is 6.10 Å². The van der Waals surface area contributed by atoms with E-state index >= 15 is 0 Å². The molecule has 1 aliphatic carbocycles. The Balaban J connectivity index is 2.43. The van der Waals surface area contributed by atoms with Gasteiger partial charge in [-0.05, 0) is 25.3 Å². The maximum atomic E-state index is 9.81. The van der Waals surface area contributed by atoms with Gasteiger partial charge in [-0.15, -0.1) is 0 Å². The first-order valence-corrected chi connectivity index (χ1v) is 5.06. The van der Waals surface area contributed by atoms with Gasteiger partial charge >= 0.3 is 0 Å². The van der Waals surface area contributed by atoms with E-state index in [4.69, 9.17) is 0 Å². The van der Waals surface area contributed by atoms with Crippen LogP contribution in [0.2, 0.25) is 0 Å². The Morgan fingerprint density at radius 3 is 2.31 bits per heavy atom. The zero-order valence-corrected chi connectivity index (χ0v) is 9.09. The summed E-state index contributed by atoms with van der Waals surface area (Å²) < 4.78 is 0. The topological polar surface area (TPSA) is 20.2 Å². The summed E-state index contributed by atoms with van der Waals surface area (Å²) in [5.74, 6) is 0. The fourth-order valence-electron chi connectivity index (χ4n) is 1.87. The Bertz CT molecular complexity index is 246. The molecule has 1 rings (SSSR count). The monoisotopic (exact) mass is 180 g/mol. The second-order valence-electron chi connectivity index (χ2n) is 4.29. The largest absolute Gasteiger partial charge is 0.388 e. The number of aliphatic hydroxyl groups excluding tert-OH is 1. The lowest BCUT2D eigenvalue weighted by molar-refractivity contribution is 0.209. The van der Waals surface area contributed by atoms with E-state index in [0.29, 0.717) is 0 Å². The van der Waals surface area contributed by atoms with Gasteiger partial charge in [0.1, 0.15) is 0 Å². The van der Waals surface area contributed by atoms with Crippen molar-refractivity contribution in [3.8, 4) is 0 Å². The van der Waals surface area contributed by atoms with Crippen molar-refractivity contribution in [2.75, 3.05) is 0 Å². The summed E-state index contributed by atoms with van der Waals surface area (Å²) in [6.07, 6.45) is 5.74. The van der Waals surface area contributed by atoms with Crippen molar-refractivity contribution in [3.05, 3.63) is 23.3 Å². The van der Waals surface area contributed by atoms with Crippen molar-refractivity contribution in [1.82, 2.24) is 0 Å². The lowest BCUT2D eigenvalue weighted by atomic mass is 10.0. The first-order valence-electron chi connectivity index (χ1n) is 5.06. The average Bonchev–Trinajstić information content (AvgIpc) is 2.52. The highest BCUT2D eigenvalue weighted by atomic mass is 16.3. The van der Waals surface area contributed by atoms with Crippen LogP contribution in [0.25, 0.3) is 0 Å². The van der Waals surface area contributed by atoms with E-state index in [9.17, 15) is 5.11 Å². The van der Waals surface area contributed by atoms with Crippen molar-refractivity contribution >= 4 is 0 Å². The van der Waals surface area contributed by atoms with Crippen LogP contribution in [0.1, 0.15) is 40.5 Å². The third kappa shape index (κ3) is 2.02. The highest BCUT2D eigenvalue weighted by molar-refractivity contribution is 5.48. The molecule has 0 aromatic rings. The molecular weight excluding hydrogens is 160 g/mol. The average molecular weight is 180 g/mol. The highest BCUT2D eigenvalue weighted by Crippen LogP contribution is 2.53. The summed E-state index contributed by atoms with van der Waals surface area (Å²) in [7, 11) is 0. The van der Waals surface area contributed by atoms with E-state index in [-0.39, 0.29) is 11.5 Å². The second-order valence-corrected chi connectivity index (χ2v) is 4.29. The SMILES string of the molecule is CC/C=C/CC(O)C1=C(C)C1(C)C. The molecule has 0 saturated heterocycles. The summed E-state index contributed by atoms with van der Waals surface area (Å²) in [5, 5.41) is 9.81. The van der Waals surface area contributed by atoms with Gasteiger partial charge in [-0.1, -0.05) is 38.5 Å². The van der Waals surface area contributed by atoms with Gasteiger partial charge < -0.3 is 5.11 Å². The number of aliphatic hydroxyl groups is 1. The Kier molecular flexibility index (Phi) is 2.97. The maximum Gasteiger partial charge on any atom is 0.0795 e. The molecule has 0 spiro atoms. The third-order valence-corrected chi connectivity index (χ3v) is 3.05. The van der Waals surface area contributed by atoms with Gasteiger partial charge in [0.2, 0.25) is 0 Å². The van der Waals surface area contributed by atoms with Gasteiger partial charge in [0.15, 0.2) is 0 Å². The van der Waals surface area contributed by atoms with Crippen LogP contribution in [-0.4, -0.2) is 11.2 Å². The molecule has 1 unspecified atom stereocenters. The Labute approximate surface area is 81.2 Å². The molecule has 0 aromatic carbocycles. The first kappa shape index (κ1) is 10.5. The Hall–Kier alpha value is -0.560. The van der Waals surface area contributed by atoms with E-state index in [1.165, 1.54) is 11.1 Å². The standard InChI is InChI=1S/C12H20O/c1-5-6-7-8-10(13)11-9(2)12(11,3)4/h6-7,10,13H,5,8H2,1-4H3/b7-6+. The van der Waals surface area contributed by atoms with Gasteiger partial charge in [0.25, 0.3) is 0 Å². The minimum Gasteiger partial charge on any atom is -0.388 e. The lowest BCUT2D eigenvalue weighted by Crippen LogP contribution is -2.08. The summed E-state index contributed by atoms with van der Waals surface area (Å²) in [6.45, 7) is 8.56. The van der Waals surface area contributed by atoms with Crippen LogP contribution < -0.4 is 0 Å². The van der Waals surface area contributed by atoms with Crippen molar-refractivity contribution in [2.45, 2.75) is 46.6 Å². The predicted molar refractivity (Wildman–Crippen MR) is 56.5 cm³/mol. The lowest BCUT2D eigenvalue weighted by Gasteiger charge is -2.09. The predicted octanol–water partition coefficient (Wildman–Crippen LogP) is 3.06. The van der Waals surface area contributed by atoms with Crippen LogP contribution in [-0.2, 0) is 0 Å². The molecule has 1 aliphatic rings. The number of allylic oxidation sites excluding steroid dienone is 2. The smallest absolute Gasteiger partial charge is 0.0795 e. The van der Waals surface area contributed by atoms with Crippen LogP contribution >= 0.6 is 0 Å². The molecule has 0 bridgehead atoms. The number of rotatable bonds is 4. The van der Waals surface area contributed by atoms with Crippen molar-refractivity contribution < 1.29 is 5.11 Å².